The minimum atomic E-state index is -0.845. The third-order valence-corrected chi connectivity index (χ3v) is 7.08. The summed E-state index contributed by atoms with van der Waals surface area (Å²) in [5.74, 6) is -2.33. The normalized spacial score (nSPS) is 11.7. The Morgan fingerprint density at radius 1 is 0.689 bits per heavy atom. The fourth-order valence-corrected chi connectivity index (χ4v) is 4.45. The fourth-order valence-electron chi connectivity index (χ4n) is 4.45. The van der Waals surface area contributed by atoms with E-state index in [0.717, 1.165) is 63.9 Å². The van der Waals surface area contributed by atoms with Crippen molar-refractivity contribution < 1.29 is 33.0 Å². The molecule has 0 aliphatic heterocycles. The number of ether oxygens (including phenoxy) is 3. The summed E-state index contributed by atoms with van der Waals surface area (Å²) in [6.45, 7) is 6.10. The number of carbonyl (C=O) groups is 3. The molecule has 0 fully saturated rings. The molecule has 0 heterocycles. The number of nitrogens with zero attached hydrogens (tertiary/aromatic N) is 2. The van der Waals surface area contributed by atoms with Gasteiger partial charge in [-0.05, 0) is 92.9 Å². The standard InChI is InChI=1S/C36H43FN2O6/c1-4-6-8-10-12-14-34(40)44-31-22-20-30(21-23-31)39-38-29-18-15-27(16-19-29)35(41)45-33-24-17-28(25-32(33)37)36(42)43-26(3)13-11-9-7-5-2/h15-26H,4-14H2,1-3H3/t26-/m0/s1. The molecule has 0 N–H and O–H groups in total. The number of unbranched alkanes of at least 4 members (excludes halogenated alkanes) is 7. The van der Waals surface area contributed by atoms with Crippen molar-refractivity contribution in [1.29, 1.82) is 0 Å². The van der Waals surface area contributed by atoms with E-state index in [2.05, 4.69) is 24.1 Å². The van der Waals surface area contributed by atoms with Gasteiger partial charge >= 0.3 is 17.9 Å². The lowest BCUT2D eigenvalue weighted by Crippen LogP contribution is -2.15. The molecule has 3 rings (SSSR count). The van der Waals surface area contributed by atoms with Crippen LogP contribution in [-0.4, -0.2) is 24.0 Å². The van der Waals surface area contributed by atoms with Crippen molar-refractivity contribution in [3.8, 4) is 11.5 Å². The first kappa shape index (κ1) is 35.1. The van der Waals surface area contributed by atoms with Crippen LogP contribution in [0.5, 0.6) is 11.5 Å². The fraction of sp³-hybridized carbons (Fsp3) is 0.417. The van der Waals surface area contributed by atoms with Gasteiger partial charge in [-0.15, -0.1) is 0 Å². The highest BCUT2D eigenvalue weighted by Crippen LogP contribution is 2.24. The number of benzene rings is 3. The molecule has 0 amide bonds. The molecule has 0 spiro atoms. The Bertz CT molecular complexity index is 1410. The Hall–Kier alpha value is -4.40. The summed E-state index contributed by atoms with van der Waals surface area (Å²) in [6, 6.07) is 16.4. The molecule has 0 aromatic heterocycles. The largest absolute Gasteiger partial charge is 0.459 e. The predicted octanol–water partition coefficient (Wildman–Crippen LogP) is 10.2. The van der Waals surface area contributed by atoms with E-state index in [4.69, 9.17) is 14.2 Å². The lowest BCUT2D eigenvalue weighted by molar-refractivity contribution is -0.134. The molecule has 240 valence electrons. The molecule has 3 aromatic rings. The summed E-state index contributed by atoms with van der Waals surface area (Å²) in [5.41, 5.74) is 1.28. The van der Waals surface area contributed by atoms with Crippen molar-refractivity contribution in [3.05, 3.63) is 83.7 Å². The third-order valence-electron chi connectivity index (χ3n) is 7.08. The van der Waals surface area contributed by atoms with Gasteiger partial charge in [-0.25, -0.2) is 14.0 Å². The van der Waals surface area contributed by atoms with Crippen LogP contribution >= 0.6 is 0 Å². The average molecular weight is 619 g/mol. The topological polar surface area (TPSA) is 104 Å². The van der Waals surface area contributed by atoms with E-state index >= 15 is 0 Å². The van der Waals surface area contributed by atoms with Crippen molar-refractivity contribution >= 4 is 29.3 Å². The van der Waals surface area contributed by atoms with Crippen LogP contribution in [0.15, 0.2) is 77.0 Å². The quantitative estimate of drug-likeness (QED) is 0.0608. The average Bonchev–Trinajstić information content (AvgIpc) is 3.03. The predicted molar refractivity (Wildman–Crippen MR) is 171 cm³/mol. The zero-order valence-corrected chi connectivity index (χ0v) is 26.4. The SMILES string of the molecule is CCCCCCCC(=O)Oc1ccc(N=Nc2ccc(C(=O)Oc3ccc(C(=O)O[C@@H](C)CCCCCC)cc3F)cc2)cc1. The van der Waals surface area contributed by atoms with Gasteiger partial charge in [0.15, 0.2) is 11.6 Å². The second kappa shape index (κ2) is 19.1. The van der Waals surface area contributed by atoms with Crippen molar-refractivity contribution in [2.75, 3.05) is 0 Å². The van der Waals surface area contributed by atoms with Crippen molar-refractivity contribution in [2.24, 2.45) is 10.2 Å². The minimum absolute atomic E-state index is 0.0474. The molecule has 0 unspecified atom stereocenters. The molecular weight excluding hydrogens is 575 g/mol. The molecule has 0 bridgehead atoms. The number of halogens is 1. The molecule has 0 aliphatic rings. The zero-order valence-electron chi connectivity index (χ0n) is 26.4. The van der Waals surface area contributed by atoms with Crippen molar-refractivity contribution in [1.82, 2.24) is 0 Å². The smallest absolute Gasteiger partial charge is 0.343 e. The molecule has 9 heteroatoms. The highest BCUT2D eigenvalue weighted by atomic mass is 19.1. The maximum Gasteiger partial charge on any atom is 0.343 e. The molecule has 0 saturated heterocycles. The van der Waals surface area contributed by atoms with Gasteiger partial charge in [0.2, 0.25) is 0 Å². The molecule has 8 nitrogen and oxygen atoms in total. The van der Waals surface area contributed by atoms with E-state index < -0.39 is 17.8 Å². The number of esters is 3. The second-order valence-electron chi connectivity index (χ2n) is 11.0. The highest BCUT2D eigenvalue weighted by molar-refractivity contribution is 5.92. The molecule has 3 aromatic carbocycles. The molecule has 0 saturated carbocycles. The second-order valence-corrected chi connectivity index (χ2v) is 11.0. The maximum atomic E-state index is 14.7. The Kier molecular flexibility index (Phi) is 14.9. The van der Waals surface area contributed by atoms with Crippen LogP contribution in [0.2, 0.25) is 0 Å². The van der Waals surface area contributed by atoms with Crippen LogP contribution in [0.4, 0.5) is 15.8 Å². The molecule has 1 atom stereocenters. The van der Waals surface area contributed by atoms with Gasteiger partial charge in [-0.2, -0.15) is 10.2 Å². The number of rotatable bonds is 18. The Balaban J connectivity index is 1.47. The number of azo groups is 1. The van der Waals surface area contributed by atoms with Crippen molar-refractivity contribution in [3.63, 3.8) is 0 Å². The summed E-state index contributed by atoms with van der Waals surface area (Å²) >= 11 is 0. The van der Waals surface area contributed by atoms with Crippen molar-refractivity contribution in [2.45, 2.75) is 97.5 Å². The first-order valence-corrected chi connectivity index (χ1v) is 15.8. The van der Waals surface area contributed by atoms with Crippen LogP contribution in [0, 0.1) is 5.82 Å². The van der Waals surface area contributed by atoms with Crippen LogP contribution in [-0.2, 0) is 9.53 Å². The van der Waals surface area contributed by atoms with E-state index in [-0.39, 0.29) is 28.9 Å². The van der Waals surface area contributed by atoms with Gasteiger partial charge in [-0.1, -0.05) is 58.8 Å². The first-order valence-electron chi connectivity index (χ1n) is 15.8. The molecule has 0 aliphatic carbocycles. The number of carbonyl (C=O) groups excluding carboxylic acids is 3. The number of hydrogen-bond donors (Lipinski definition) is 0. The van der Waals surface area contributed by atoms with Gasteiger partial charge in [0, 0.05) is 6.42 Å². The van der Waals surface area contributed by atoms with E-state index in [1.165, 1.54) is 30.7 Å². The first-order chi connectivity index (χ1) is 21.8. The van der Waals surface area contributed by atoms with Gasteiger partial charge in [0.25, 0.3) is 0 Å². The molecular formula is C36H43FN2O6. The minimum Gasteiger partial charge on any atom is -0.459 e. The van der Waals surface area contributed by atoms with E-state index in [1.807, 2.05) is 6.92 Å². The van der Waals surface area contributed by atoms with Gasteiger partial charge in [0.05, 0.1) is 28.6 Å². The Morgan fingerprint density at radius 2 is 1.27 bits per heavy atom. The molecule has 45 heavy (non-hydrogen) atoms. The lowest BCUT2D eigenvalue weighted by Gasteiger charge is -2.13. The summed E-state index contributed by atoms with van der Waals surface area (Å²) in [4.78, 5) is 37.0. The van der Waals surface area contributed by atoms with E-state index in [0.29, 0.717) is 23.5 Å². The monoisotopic (exact) mass is 618 g/mol. The third kappa shape index (κ3) is 12.6. The van der Waals surface area contributed by atoms with Gasteiger partial charge in [0.1, 0.15) is 5.75 Å². The van der Waals surface area contributed by atoms with Gasteiger partial charge in [-0.3, -0.25) is 4.79 Å². The van der Waals surface area contributed by atoms with Crippen LogP contribution in [0.1, 0.15) is 112 Å². The maximum absolute atomic E-state index is 14.7. The highest BCUT2D eigenvalue weighted by Gasteiger charge is 2.17. The summed E-state index contributed by atoms with van der Waals surface area (Å²) in [5, 5.41) is 8.33. The zero-order chi connectivity index (χ0) is 32.4. The van der Waals surface area contributed by atoms with Crippen LogP contribution in [0.3, 0.4) is 0 Å². The van der Waals surface area contributed by atoms with E-state index in [9.17, 15) is 18.8 Å². The summed E-state index contributed by atoms with van der Waals surface area (Å²) in [6.07, 6.45) is 10.5. The van der Waals surface area contributed by atoms with Crippen LogP contribution in [0.25, 0.3) is 0 Å². The van der Waals surface area contributed by atoms with Crippen LogP contribution < -0.4 is 9.47 Å². The molecule has 0 radical (unpaired) electrons. The lowest BCUT2D eigenvalue weighted by atomic mass is 10.1. The summed E-state index contributed by atoms with van der Waals surface area (Å²) in [7, 11) is 0. The van der Waals surface area contributed by atoms with Gasteiger partial charge < -0.3 is 14.2 Å². The summed E-state index contributed by atoms with van der Waals surface area (Å²) < 4.78 is 30.7. The Morgan fingerprint density at radius 3 is 1.89 bits per heavy atom. The van der Waals surface area contributed by atoms with E-state index in [1.54, 1.807) is 36.4 Å². The Labute approximate surface area is 265 Å². The number of hydrogen-bond acceptors (Lipinski definition) is 8.